The summed E-state index contributed by atoms with van der Waals surface area (Å²) >= 11 is 0. The summed E-state index contributed by atoms with van der Waals surface area (Å²) in [5.41, 5.74) is -0.506. The van der Waals surface area contributed by atoms with Crippen molar-refractivity contribution in [1.82, 2.24) is 10.2 Å². The van der Waals surface area contributed by atoms with Crippen molar-refractivity contribution < 1.29 is 9.53 Å². The van der Waals surface area contributed by atoms with Crippen molar-refractivity contribution in [3.05, 3.63) is 0 Å². The monoisotopic (exact) mass is 284 g/mol. The molecular weight excluding hydrogens is 252 g/mol. The number of unbranched alkanes of at least 4 members (excludes halogenated alkanes) is 1. The van der Waals surface area contributed by atoms with Crippen LogP contribution in [0.15, 0.2) is 0 Å². The third kappa shape index (κ3) is 5.31. The lowest BCUT2D eigenvalue weighted by Gasteiger charge is -2.33. The molecule has 1 N–H and O–H groups in total. The first-order valence-electron chi connectivity index (χ1n) is 7.81. The summed E-state index contributed by atoms with van der Waals surface area (Å²) in [5.74, 6) is 0.606. The van der Waals surface area contributed by atoms with E-state index in [1.807, 2.05) is 32.7 Å². The van der Waals surface area contributed by atoms with Gasteiger partial charge < -0.3 is 15.0 Å². The van der Waals surface area contributed by atoms with Crippen LogP contribution in [-0.4, -0.2) is 42.3 Å². The topological polar surface area (TPSA) is 41.6 Å². The van der Waals surface area contributed by atoms with Crippen molar-refractivity contribution in [3.63, 3.8) is 0 Å². The van der Waals surface area contributed by atoms with Crippen LogP contribution in [0.25, 0.3) is 0 Å². The molecule has 1 aliphatic rings. The molecule has 0 radical (unpaired) electrons. The van der Waals surface area contributed by atoms with Crippen molar-refractivity contribution in [2.45, 2.75) is 71.4 Å². The van der Waals surface area contributed by atoms with Crippen molar-refractivity contribution in [2.75, 3.05) is 20.1 Å². The second kappa shape index (κ2) is 6.79. The Morgan fingerprint density at radius 3 is 2.55 bits per heavy atom. The van der Waals surface area contributed by atoms with Gasteiger partial charge in [-0.05, 0) is 73.4 Å². The van der Waals surface area contributed by atoms with E-state index in [1.54, 1.807) is 0 Å². The standard InChI is InChI=1S/C16H32N2O2/c1-15(2,3)20-14(19)18-12-13(11-16(18,4)5)9-7-8-10-17-6/h13,17H,7-12H2,1-6H3/t13-/m0/s1. The molecule has 1 amide bonds. The number of rotatable bonds is 5. The van der Waals surface area contributed by atoms with E-state index in [0.29, 0.717) is 5.92 Å². The average Bonchev–Trinajstić information content (AvgIpc) is 2.58. The van der Waals surface area contributed by atoms with Gasteiger partial charge in [0.2, 0.25) is 0 Å². The van der Waals surface area contributed by atoms with Crippen LogP contribution < -0.4 is 5.32 Å². The van der Waals surface area contributed by atoms with Crippen molar-refractivity contribution in [2.24, 2.45) is 5.92 Å². The lowest BCUT2D eigenvalue weighted by Crippen LogP contribution is -2.45. The minimum absolute atomic E-state index is 0.0873. The molecule has 1 heterocycles. The highest BCUT2D eigenvalue weighted by atomic mass is 16.6. The highest BCUT2D eigenvalue weighted by Crippen LogP contribution is 2.36. The maximum atomic E-state index is 12.3. The molecule has 1 rings (SSSR count). The fraction of sp³-hybridized carbons (Fsp3) is 0.938. The lowest BCUT2D eigenvalue weighted by molar-refractivity contribution is 0.0131. The van der Waals surface area contributed by atoms with E-state index < -0.39 is 5.60 Å². The zero-order chi connectivity index (χ0) is 15.4. The van der Waals surface area contributed by atoms with E-state index in [0.717, 1.165) is 19.5 Å². The molecule has 0 spiro atoms. The fourth-order valence-electron chi connectivity index (χ4n) is 2.95. The van der Waals surface area contributed by atoms with Gasteiger partial charge in [0.05, 0.1) is 0 Å². The zero-order valence-electron chi connectivity index (χ0n) is 14.1. The van der Waals surface area contributed by atoms with Gasteiger partial charge in [-0.3, -0.25) is 0 Å². The third-order valence-corrected chi connectivity index (χ3v) is 3.86. The molecule has 1 atom stereocenters. The van der Waals surface area contributed by atoms with Crippen LogP contribution in [-0.2, 0) is 4.74 Å². The second-order valence-electron chi connectivity index (χ2n) is 7.57. The summed E-state index contributed by atoms with van der Waals surface area (Å²) in [6.07, 6.45) is 4.54. The number of carbonyl (C=O) groups excluding carboxylic acids is 1. The van der Waals surface area contributed by atoms with E-state index in [2.05, 4.69) is 19.2 Å². The predicted octanol–water partition coefficient (Wildman–Crippen LogP) is 3.41. The van der Waals surface area contributed by atoms with Crippen LogP contribution in [0, 0.1) is 5.92 Å². The van der Waals surface area contributed by atoms with Gasteiger partial charge in [0.1, 0.15) is 5.60 Å². The molecule has 0 bridgehead atoms. The maximum absolute atomic E-state index is 12.3. The van der Waals surface area contributed by atoms with Gasteiger partial charge in [0.25, 0.3) is 0 Å². The Kier molecular flexibility index (Phi) is 5.87. The lowest BCUT2D eigenvalue weighted by atomic mass is 9.93. The summed E-state index contributed by atoms with van der Waals surface area (Å²) < 4.78 is 5.53. The number of hydrogen-bond acceptors (Lipinski definition) is 3. The quantitative estimate of drug-likeness (QED) is 0.787. The number of likely N-dealkylation sites (tertiary alicyclic amines) is 1. The van der Waals surface area contributed by atoms with Crippen molar-refractivity contribution in [1.29, 1.82) is 0 Å². The number of amides is 1. The molecule has 0 aromatic rings. The molecule has 0 unspecified atom stereocenters. The molecule has 1 aliphatic heterocycles. The molecular formula is C16H32N2O2. The smallest absolute Gasteiger partial charge is 0.410 e. The molecule has 20 heavy (non-hydrogen) atoms. The number of ether oxygens (including phenoxy) is 1. The number of hydrogen-bond donors (Lipinski definition) is 1. The summed E-state index contributed by atoms with van der Waals surface area (Å²) in [4.78, 5) is 14.2. The Balaban J connectivity index is 2.50. The van der Waals surface area contributed by atoms with E-state index >= 15 is 0 Å². The zero-order valence-corrected chi connectivity index (χ0v) is 14.1. The molecule has 0 aromatic carbocycles. The van der Waals surface area contributed by atoms with Crippen molar-refractivity contribution in [3.8, 4) is 0 Å². The SMILES string of the molecule is CNCCCC[C@@H]1CN(C(=O)OC(C)(C)C)C(C)(C)C1. The number of carbonyl (C=O) groups is 1. The summed E-state index contributed by atoms with van der Waals surface area (Å²) in [7, 11) is 1.99. The summed E-state index contributed by atoms with van der Waals surface area (Å²) in [6, 6.07) is 0. The average molecular weight is 284 g/mol. The minimum Gasteiger partial charge on any atom is -0.444 e. The molecule has 118 valence electrons. The summed E-state index contributed by atoms with van der Waals surface area (Å²) in [6.45, 7) is 12.0. The molecule has 0 aromatic heterocycles. The molecule has 1 saturated heterocycles. The van der Waals surface area contributed by atoms with E-state index in [4.69, 9.17) is 4.74 Å². The number of nitrogens with one attached hydrogen (secondary N) is 1. The van der Waals surface area contributed by atoms with Gasteiger partial charge in [0.15, 0.2) is 0 Å². The molecule has 0 aliphatic carbocycles. The van der Waals surface area contributed by atoms with Crippen LogP contribution in [0.4, 0.5) is 4.79 Å². The molecule has 4 heteroatoms. The highest BCUT2D eigenvalue weighted by molar-refractivity contribution is 5.69. The maximum Gasteiger partial charge on any atom is 0.410 e. The van der Waals surface area contributed by atoms with Gasteiger partial charge in [0, 0.05) is 12.1 Å². The van der Waals surface area contributed by atoms with E-state index in [1.165, 1.54) is 19.3 Å². The van der Waals surface area contributed by atoms with Gasteiger partial charge in [-0.15, -0.1) is 0 Å². The first-order chi connectivity index (χ1) is 9.15. The van der Waals surface area contributed by atoms with Crippen LogP contribution in [0.3, 0.4) is 0 Å². The Morgan fingerprint density at radius 2 is 2.00 bits per heavy atom. The Labute approximate surface area is 124 Å². The van der Waals surface area contributed by atoms with Gasteiger partial charge in [-0.2, -0.15) is 0 Å². The van der Waals surface area contributed by atoms with Crippen LogP contribution in [0.1, 0.15) is 60.3 Å². The minimum atomic E-state index is -0.419. The first-order valence-corrected chi connectivity index (χ1v) is 7.81. The van der Waals surface area contributed by atoms with Gasteiger partial charge in [-0.1, -0.05) is 6.42 Å². The van der Waals surface area contributed by atoms with Crippen LogP contribution in [0.2, 0.25) is 0 Å². The predicted molar refractivity (Wildman–Crippen MR) is 82.9 cm³/mol. The van der Waals surface area contributed by atoms with Crippen molar-refractivity contribution >= 4 is 6.09 Å². The molecule has 1 fully saturated rings. The first kappa shape index (κ1) is 17.3. The Bertz CT molecular complexity index is 321. The Morgan fingerprint density at radius 1 is 1.35 bits per heavy atom. The number of nitrogens with zero attached hydrogens (tertiary/aromatic N) is 1. The van der Waals surface area contributed by atoms with E-state index in [9.17, 15) is 4.79 Å². The third-order valence-electron chi connectivity index (χ3n) is 3.86. The molecule has 0 saturated carbocycles. The van der Waals surface area contributed by atoms with Crippen LogP contribution in [0.5, 0.6) is 0 Å². The van der Waals surface area contributed by atoms with Gasteiger partial charge in [-0.25, -0.2) is 4.79 Å². The summed E-state index contributed by atoms with van der Waals surface area (Å²) in [5, 5.41) is 3.18. The highest BCUT2D eigenvalue weighted by Gasteiger charge is 2.42. The van der Waals surface area contributed by atoms with Crippen LogP contribution >= 0.6 is 0 Å². The molecule has 4 nitrogen and oxygen atoms in total. The normalized spacial score (nSPS) is 22.1. The fourth-order valence-corrected chi connectivity index (χ4v) is 2.95. The Hall–Kier alpha value is -0.770. The van der Waals surface area contributed by atoms with E-state index in [-0.39, 0.29) is 11.6 Å². The van der Waals surface area contributed by atoms with Gasteiger partial charge >= 0.3 is 6.09 Å². The largest absolute Gasteiger partial charge is 0.444 e. The second-order valence-corrected chi connectivity index (χ2v) is 7.57.